The third-order valence-corrected chi connectivity index (χ3v) is 15.9. The summed E-state index contributed by atoms with van der Waals surface area (Å²) in [6.07, 6.45) is 6.75. The van der Waals surface area contributed by atoms with Crippen molar-refractivity contribution in [1.82, 2.24) is 8.61 Å². The van der Waals surface area contributed by atoms with Gasteiger partial charge in [0, 0.05) is 48.7 Å². The second-order valence-electron chi connectivity index (χ2n) is 14.4. The Morgan fingerprint density at radius 2 is 0.871 bits per heavy atom. The Balaban J connectivity index is 1.24. The van der Waals surface area contributed by atoms with Gasteiger partial charge >= 0.3 is 0 Å². The van der Waals surface area contributed by atoms with E-state index >= 15 is 0 Å². The zero-order chi connectivity index (χ0) is 45.0. The van der Waals surface area contributed by atoms with Crippen LogP contribution in [0.25, 0.3) is 12.2 Å². The van der Waals surface area contributed by atoms with Gasteiger partial charge in [-0.2, -0.15) is 25.4 Å². The van der Waals surface area contributed by atoms with Crippen molar-refractivity contribution in [3.63, 3.8) is 0 Å². The SMILES string of the molecule is COc1ccc(C(=O)Nc2ccc(/C=C/c3ccc(NC(=O)c4ccc(OC)c(S(=O)(=O)N5CCCCC5)c4)cc3S(=O)(=O)O)c(S(=O)(=O)O)c2)cc1S(=O)(=O)N1CCCCC1. The molecule has 22 heteroatoms. The Morgan fingerprint density at radius 3 is 1.19 bits per heavy atom. The van der Waals surface area contributed by atoms with Gasteiger partial charge in [0.15, 0.2) is 0 Å². The first kappa shape index (κ1) is 46.3. The smallest absolute Gasteiger partial charge is 0.295 e. The van der Waals surface area contributed by atoms with Crippen LogP contribution in [0, 0.1) is 0 Å². The summed E-state index contributed by atoms with van der Waals surface area (Å²) in [5.41, 5.74) is -0.737. The van der Waals surface area contributed by atoms with Crippen LogP contribution in [0.15, 0.2) is 92.4 Å². The molecule has 0 spiro atoms. The first-order valence-corrected chi connectivity index (χ1v) is 24.9. The molecular weight excluding hydrogens is 889 g/mol. The van der Waals surface area contributed by atoms with E-state index in [1.807, 2.05) is 0 Å². The average Bonchev–Trinajstić information content (AvgIpc) is 3.25. The minimum Gasteiger partial charge on any atom is -0.495 e. The second-order valence-corrected chi connectivity index (χ2v) is 21.0. The van der Waals surface area contributed by atoms with Crippen molar-refractivity contribution in [3.8, 4) is 11.5 Å². The van der Waals surface area contributed by atoms with Crippen molar-refractivity contribution in [2.24, 2.45) is 0 Å². The number of anilines is 2. The number of nitrogens with one attached hydrogen (secondary N) is 2. The number of methoxy groups -OCH3 is 2. The molecule has 0 aromatic heterocycles. The first-order chi connectivity index (χ1) is 29.2. The highest BCUT2D eigenvalue weighted by Gasteiger charge is 2.31. The van der Waals surface area contributed by atoms with E-state index in [1.54, 1.807) is 0 Å². The number of carbonyl (C=O) groups is 2. The van der Waals surface area contributed by atoms with E-state index in [0.717, 1.165) is 49.3 Å². The van der Waals surface area contributed by atoms with Gasteiger partial charge < -0.3 is 20.1 Å². The lowest BCUT2D eigenvalue weighted by atomic mass is 10.1. The number of carbonyl (C=O) groups excluding carboxylic acids is 2. The molecule has 2 fully saturated rings. The van der Waals surface area contributed by atoms with Gasteiger partial charge in [0.05, 0.1) is 14.2 Å². The maximum atomic E-state index is 13.5. The quantitative estimate of drug-likeness (QED) is 0.0934. The van der Waals surface area contributed by atoms with E-state index in [1.165, 1.54) is 71.4 Å². The molecule has 0 bridgehead atoms. The van der Waals surface area contributed by atoms with Gasteiger partial charge in [0.25, 0.3) is 32.1 Å². The van der Waals surface area contributed by atoms with Gasteiger partial charge in [-0.15, -0.1) is 0 Å². The molecule has 6 rings (SSSR count). The van der Waals surface area contributed by atoms with Gasteiger partial charge in [-0.05, 0) is 97.5 Å². The average molecular weight is 933 g/mol. The summed E-state index contributed by atoms with van der Waals surface area (Å²) in [6, 6.07) is 14.5. The van der Waals surface area contributed by atoms with Crippen molar-refractivity contribution < 1.29 is 61.8 Å². The van der Waals surface area contributed by atoms with E-state index in [2.05, 4.69) is 10.6 Å². The third kappa shape index (κ3) is 10.3. The van der Waals surface area contributed by atoms with Crippen molar-refractivity contribution in [1.29, 1.82) is 0 Å². The lowest BCUT2D eigenvalue weighted by molar-refractivity contribution is 0.101. The van der Waals surface area contributed by atoms with Crippen LogP contribution in [-0.4, -0.2) is 104 Å². The third-order valence-electron chi connectivity index (χ3n) is 10.3. The monoisotopic (exact) mass is 932 g/mol. The Morgan fingerprint density at radius 1 is 0.516 bits per heavy atom. The largest absolute Gasteiger partial charge is 0.495 e. The lowest BCUT2D eigenvalue weighted by Gasteiger charge is -2.26. The normalized spacial score (nSPS) is 15.9. The van der Waals surface area contributed by atoms with Gasteiger partial charge in [-0.3, -0.25) is 18.7 Å². The number of hydrogen-bond acceptors (Lipinski definition) is 12. The Labute approximate surface area is 360 Å². The molecule has 0 unspecified atom stereocenters. The molecule has 0 aliphatic carbocycles. The summed E-state index contributed by atoms with van der Waals surface area (Å²) < 4.78 is 137. The molecule has 4 aromatic rings. The van der Waals surface area contributed by atoms with Gasteiger partial charge in [0.2, 0.25) is 20.0 Å². The van der Waals surface area contributed by atoms with Crippen LogP contribution >= 0.6 is 0 Å². The fourth-order valence-electron chi connectivity index (χ4n) is 7.06. The number of ether oxygens (including phenoxy) is 2. The van der Waals surface area contributed by atoms with E-state index in [0.29, 0.717) is 51.9 Å². The van der Waals surface area contributed by atoms with E-state index < -0.39 is 61.9 Å². The molecular formula is C40H44N4O14S4. The molecule has 2 saturated heterocycles. The highest BCUT2D eigenvalue weighted by Crippen LogP contribution is 2.33. The number of piperidine rings is 2. The fraction of sp³-hybridized carbons (Fsp3) is 0.300. The minimum atomic E-state index is -4.98. The summed E-state index contributed by atoms with van der Waals surface area (Å²) in [5.74, 6) is -1.57. The maximum absolute atomic E-state index is 13.5. The second kappa shape index (κ2) is 18.6. The van der Waals surface area contributed by atoms with Crippen LogP contribution in [0.2, 0.25) is 0 Å². The first-order valence-electron chi connectivity index (χ1n) is 19.1. The zero-order valence-corrected chi connectivity index (χ0v) is 36.7. The van der Waals surface area contributed by atoms with Gasteiger partial charge in [-0.25, -0.2) is 16.8 Å². The van der Waals surface area contributed by atoms with E-state index in [9.17, 15) is 52.4 Å². The maximum Gasteiger partial charge on any atom is 0.295 e. The number of sulfonamides is 2. The molecule has 4 N–H and O–H groups in total. The van der Waals surface area contributed by atoms with Crippen molar-refractivity contribution in [2.45, 2.75) is 58.1 Å². The summed E-state index contributed by atoms with van der Waals surface area (Å²) in [6.45, 7) is 1.24. The number of amides is 2. The number of hydrogen-bond donors (Lipinski definition) is 4. The number of nitrogens with zero attached hydrogens (tertiary/aromatic N) is 2. The molecule has 18 nitrogen and oxygen atoms in total. The topological polar surface area (TPSA) is 260 Å². The zero-order valence-electron chi connectivity index (χ0n) is 33.5. The van der Waals surface area contributed by atoms with Crippen LogP contribution in [-0.2, 0) is 40.3 Å². The Bertz CT molecular complexity index is 2680. The Kier molecular flexibility index (Phi) is 13.9. The molecule has 0 atom stereocenters. The van der Waals surface area contributed by atoms with Crippen LogP contribution in [0.4, 0.5) is 11.4 Å². The highest BCUT2D eigenvalue weighted by atomic mass is 32.2. The van der Waals surface area contributed by atoms with Crippen molar-refractivity contribution >= 4 is 75.6 Å². The Hall–Kier alpha value is -5.20. The summed E-state index contributed by atoms with van der Waals surface area (Å²) in [4.78, 5) is 24.9. The van der Waals surface area contributed by atoms with Crippen LogP contribution < -0.4 is 20.1 Å². The molecule has 332 valence electrons. The molecule has 2 aliphatic rings. The van der Waals surface area contributed by atoms with Crippen LogP contribution in [0.1, 0.15) is 70.4 Å². The van der Waals surface area contributed by atoms with Crippen molar-refractivity contribution in [3.05, 3.63) is 95.1 Å². The molecule has 0 saturated carbocycles. The molecule has 4 aromatic carbocycles. The number of benzene rings is 4. The highest BCUT2D eigenvalue weighted by molar-refractivity contribution is 7.89. The molecule has 62 heavy (non-hydrogen) atoms. The predicted octanol–water partition coefficient (Wildman–Crippen LogP) is 5.22. The molecule has 2 amide bonds. The van der Waals surface area contributed by atoms with E-state index in [4.69, 9.17) is 9.47 Å². The van der Waals surface area contributed by atoms with Crippen molar-refractivity contribution in [2.75, 3.05) is 51.0 Å². The predicted molar refractivity (Wildman–Crippen MR) is 229 cm³/mol. The fourth-order valence-corrected chi connectivity index (χ4v) is 11.9. The van der Waals surface area contributed by atoms with Gasteiger partial charge in [-0.1, -0.05) is 37.1 Å². The summed E-state index contributed by atoms with van der Waals surface area (Å²) in [5, 5.41) is 4.98. The summed E-state index contributed by atoms with van der Waals surface area (Å²) >= 11 is 0. The molecule has 2 heterocycles. The molecule has 2 aliphatic heterocycles. The number of rotatable bonds is 14. The van der Waals surface area contributed by atoms with Crippen LogP contribution in [0.3, 0.4) is 0 Å². The standard InChI is InChI=1S/C40H44N4O14S4/c1-57-33-17-13-29(23-37(33)59(47,48)43-19-5-3-6-20-43)39(45)41-31-15-11-27(35(25-31)61(51,52)53)9-10-28-12-16-32(26-36(28)62(54,55)56)42-40(46)30-14-18-34(58-2)38(24-30)60(49,50)44-21-7-4-8-22-44/h9-18,23-26H,3-8,19-22H2,1-2H3,(H,41,45)(H,42,46)(H,51,52,53)(H,54,55,56)/b10-9+. The molecule has 0 radical (unpaired) electrons. The minimum absolute atomic E-state index is 0.0264. The summed E-state index contributed by atoms with van der Waals surface area (Å²) in [7, 11) is -15.4. The van der Waals surface area contributed by atoms with Gasteiger partial charge in [0.1, 0.15) is 31.1 Å². The van der Waals surface area contributed by atoms with Crippen LogP contribution in [0.5, 0.6) is 11.5 Å². The lowest BCUT2D eigenvalue weighted by Crippen LogP contribution is -2.35. The van der Waals surface area contributed by atoms with E-state index in [-0.39, 0.29) is 54.9 Å².